The molecule has 0 aliphatic heterocycles. The van der Waals surface area contributed by atoms with Gasteiger partial charge in [0.25, 0.3) is 10.1 Å². The highest BCUT2D eigenvalue weighted by Crippen LogP contribution is 2.46. The van der Waals surface area contributed by atoms with Gasteiger partial charge in [0.2, 0.25) is 0 Å². The first-order chi connectivity index (χ1) is 4.77. The summed E-state index contributed by atoms with van der Waals surface area (Å²) in [4.78, 5) is 0. The second-order valence-electron chi connectivity index (χ2n) is 2.01. The van der Waals surface area contributed by atoms with Crippen LogP contribution in [0.5, 0.6) is 0 Å². The Morgan fingerprint density at radius 2 is 1.73 bits per heavy atom. The van der Waals surface area contributed by atoms with Gasteiger partial charge in [0.15, 0.2) is 0 Å². The molecule has 0 saturated heterocycles. The Hall–Kier alpha value is 0.120. The summed E-state index contributed by atoms with van der Waals surface area (Å²) in [5.41, 5.74) is 0. The van der Waals surface area contributed by atoms with Crippen molar-refractivity contribution in [1.29, 1.82) is 0 Å². The van der Waals surface area contributed by atoms with Gasteiger partial charge in [-0.15, -0.1) is 0 Å². The van der Waals surface area contributed by atoms with Crippen molar-refractivity contribution in [3.8, 4) is 0 Å². The third-order valence-electron chi connectivity index (χ3n) is 0.946. The van der Waals surface area contributed by atoms with Crippen molar-refractivity contribution in [3.63, 3.8) is 0 Å². The minimum absolute atomic E-state index is 0.609. The molecule has 0 rings (SSSR count). The van der Waals surface area contributed by atoms with E-state index < -0.39 is 32.4 Å². The standard InChI is InChI=1S/C4H10F2O3S2/c1-9-11(7,8)4-3-10(2,5)6/h3-4H2,1-2H3. The molecule has 0 amide bonds. The SMILES string of the molecule is COS(=O)(=O)CCS(C)(F)F. The fourth-order valence-corrected chi connectivity index (χ4v) is 2.49. The van der Waals surface area contributed by atoms with E-state index in [9.17, 15) is 16.2 Å². The van der Waals surface area contributed by atoms with E-state index in [1.165, 1.54) is 0 Å². The van der Waals surface area contributed by atoms with Gasteiger partial charge in [-0.2, -0.15) is 16.2 Å². The van der Waals surface area contributed by atoms with Crippen LogP contribution < -0.4 is 0 Å². The summed E-state index contributed by atoms with van der Waals surface area (Å²) in [6.07, 6.45) is 0.748. The van der Waals surface area contributed by atoms with Crippen molar-refractivity contribution in [2.24, 2.45) is 0 Å². The molecule has 70 valence electrons. The van der Waals surface area contributed by atoms with Gasteiger partial charge in [0, 0.05) is 12.0 Å². The summed E-state index contributed by atoms with van der Waals surface area (Å²) < 4.78 is 49.3. The van der Waals surface area contributed by atoms with E-state index in [1.54, 1.807) is 0 Å². The predicted octanol–water partition coefficient (Wildman–Crippen LogP) is 1.17. The Morgan fingerprint density at radius 1 is 1.27 bits per heavy atom. The fourth-order valence-electron chi connectivity index (χ4n) is 0.332. The topological polar surface area (TPSA) is 43.4 Å². The molecule has 0 atom stereocenters. The number of hydrogen-bond acceptors (Lipinski definition) is 3. The highest BCUT2D eigenvalue weighted by Gasteiger charge is 2.19. The second kappa shape index (κ2) is 3.68. The molecule has 0 unspecified atom stereocenters. The van der Waals surface area contributed by atoms with Crippen LogP contribution in [0, 0.1) is 0 Å². The van der Waals surface area contributed by atoms with Gasteiger partial charge >= 0.3 is 0 Å². The van der Waals surface area contributed by atoms with Crippen LogP contribution in [0.2, 0.25) is 0 Å². The quantitative estimate of drug-likeness (QED) is 0.651. The molecule has 0 aromatic heterocycles. The van der Waals surface area contributed by atoms with Crippen molar-refractivity contribution in [2.75, 3.05) is 24.9 Å². The average molecular weight is 208 g/mol. The molecule has 0 radical (unpaired) electrons. The Balaban J connectivity index is 3.91. The van der Waals surface area contributed by atoms with Gasteiger partial charge in [0.1, 0.15) is 0 Å². The number of hydrogen-bond donors (Lipinski definition) is 0. The average Bonchev–Trinajstić information content (AvgIpc) is 1.83. The monoisotopic (exact) mass is 208 g/mol. The Bertz CT molecular complexity index is 206. The summed E-state index contributed by atoms with van der Waals surface area (Å²) in [5.74, 6) is -1.23. The fraction of sp³-hybridized carbons (Fsp3) is 1.00. The first-order valence-electron chi connectivity index (χ1n) is 2.70. The summed E-state index contributed by atoms with van der Waals surface area (Å²) in [6.45, 7) is 0. The number of halogens is 2. The van der Waals surface area contributed by atoms with Gasteiger partial charge in [-0.05, 0) is 0 Å². The van der Waals surface area contributed by atoms with E-state index in [4.69, 9.17) is 0 Å². The van der Waals surface area contributed by atoms with Crippen molar-refractivity contribution < 1.29 is 20.4 Å². The normalized spacial score (nSPS) is 14.9. The van der Waals surface area contributed by atoms with E-state index >= 15 is 0 Å². The van der Waals surface area contributed by atoms with E-state index in [-0.39, 0.29) is 0 Å². The molecule has 0 aromatic rings. The van der Waals surface area contributed by atoms with Crippen LogP contribution in [0.3, 0.4) is 0 Å². The third kappa shape index (κ3) is 6.52. The van der Waals surface area contributed by atoms with Crippen LogP contribution >= 0.6 is 10.8 Å². The molecular formula is C4H10F2O3S2. The third-order valence-corrected chi connectivity index (χ3v) is 3.34. The van der Waals surface area contributed by atoms with Gasteiger partial charge in [-0.1, -0.05) is 0 Å². The zero-order valence-electron chi connectivity index (χ0n) is 6.21. The lowest BCUT2D eigenvalue weighted by Gasteiger charge is -2.12. The molecule has 0 aromatic carbocycles. The highest BCUT2D eigenvalue weighted by molar-refractivity contribution is 8.25. The minimum atomic E-state index is -3.73. The molecule has 0 saturated carbocycles. The largest absolute Gasteiger partial charge is 0.273 e. The van der Waals surface area contributed by atoms with Crippen molar-refractivity contribution >= 4 is 20.9 Å². The van der Waals surface area contributed by atoms with E-state index in [0.717, 1.165) is 13.4 Å². The molecule has 3 nitrogen and oxygen atoms in total. The molecule has 11 heavy (non-hydrogen) atoms. The van der Waals surface area contributed by atoms with Crippen LogP contribution in [0.15, 0.2) is 0 Å². The van der Waals surface area contributed by atoms with Crippen molar-refractivity contribution in [2.45, 2.75) is 0 Å². The van der Waals surface area contributed by atoms with Gasteiger partial charge in [-0.25, -0.2) is 0 Å². The van der Waals surface area contributed by atoms with Gasteiger partial charge in [-0.3, -0.25) is 4.18 Å². The van der Waals surface area contributed by atoms with Crippen LogP contribution in [0.4, 0.5) is 7.77 Å². The summed E-state index contributed by atoms with van der Waals surface area (Å²) in [7, 11) is -6.48. The molecule has 0 fully saturated rings. The lowest BCUT2D eigenvalue weighted by molar-refractivity contribution is 0.399. The smallest absolute Gasteiger partial charge is 0.267 e. The molecule has 0 spiro atoms. The van der Waals surface area contributed by atoms with Crippen LogP contribution in [0.1, 0.15) is 0 Å². The van der Waals surface area contributed by atoms with Crippen LogP contribution in [-0.2, 0) is 14.3 Å². The maximum absolute atomic E-state index is 12.2. The zero-order valence-corrected chi connectivity index (χ0v) is 7.84. The minimum Gasteiger partial charge on any atom is -0.273 e. The molecular weight excluding hydrogens is 198 g/mol. The first kappa shape index (κ1) is 11.1. The van der Waals surface area contributed by atoms with E-state index in [0.29, 0.717) is 0 Å². The van der Waals surface area contributed by atoms with Crippen molar-refractivity contribution in [1.82, 2.24) is 0 Å². The molecule has 0 bridgehead atoms. The molecule has 7 heteroatoms. The van der Waals surface area contributed by atoms with Crippen molar-refractivity contribution in [3.05, 3.63) is 0 Å². The molecule has 0 aliphatic rings. The van der Waals surface area contributed by atoms with Gasteiger partial charge in [0.05, 0.1) is 23.7 Å². The molecule has 0 aliphatic carbocycles. The van der Waals surface area contributed by atoms with Crippen LogP contribution in [0.25, 0.3) is 0 Å². The molecule has 0 N–H and O–H groups in total. The molecule has 0 heterocycles. The second-order valence-corrected chi connectivity index (χ2v) is 6.02. The maximum atomic E-state index is 12.2. The van der Waals surface area contributed by atoms with E-state index in [2.05, 4.69) is 4.18 Å². The maximum Gasteiger partial charge on any atom is 0.267 e. The van der Waals surface area contributed by atoms with Crippen LogP contribution in [-0.4, -0.2) is 33.3 Å². The number of rotatable bonds is 4. The Kier molecular flexibility index (Phi) is 3.72. The Labute approximate surface area is 66.8 Å². The summed E-state index contributed by atoms with van der Waals surface area (Å²) in [6, 6.07) is 0. The first-order valence-corrected chi connectivity index (χ1v) is 6.29. The summed E-state index contributed by atoms with van der Waals surface area (Å²) >= 11 is 0. The predicted molar refractivity (Wildman–Crippen MR) is 41.4 cm³/mol. The van der Waals surface area contributed by atoms with E-state index in [1.807, 2.05) is 0 Å². The zero-order chi connectivity index (χ0) is 9.12. The lowest BCUT2D eigenvalue weighted by atomic mass is 11.0. The lowest BCUT2D eigenvalue weighted by Crippen LogP contribution is -2.12. The summed E-state index contributed by atoms with van der Waals surface area (Å²) in [5, 5.41) is 0. The Morgan fingerprint density at radius 3 is 2.00 bits per heavy atom. The van der Waals surface area contributed by atoms with Gasteiger partial charge < -0.3 is 0 Å². The highest BCUT2D eigenvalue weighted by atomic mass is 32.3.